The molecule has 1 aromatic heterocycles. The molecule has 5 fully saturated rings. The monoisotopic (exact) mass is 582 g/mol. The summed E-state index contributed by atoms with van der Waals surface area (Å²) in [6, 6.07) is 13.0. The predicted molar refractivity (Wildman–Crippen MR) is 158 cm³/mol. The molecule has 2 N–H and O–H groups in total. The van der Waals surface area contributed by atoms with Gasteiger partial charge < -0.3 is 15.1 Å². The lowest BCUT2D eigenvalue weighted by Gasteiger charge is -2.57. The fourth-order valence-electron chi connectivity index (χ4n) is 8.66. The van der Waals surface area contributed by atoms with Crippen molar-refractivity contribution in [3.63, 3.8) is 0 Å². The Morgan fingerprint density at radius 3 is 2.44 bits per heavy atom. The Morgan fingerprint density at radius 1 is 1.05 bits per heavy atom. The first-order valence-electron chi connectivity index (χ1n) is 15.3. The molecule has 0 radical (unpaired) electrons. The minimum atomic E-state index is -0.647. The molecule has 9 nitrogen and oxygen atoms in total. The van der Waals surface area contributed by atoms with Crippen LogP contribution in [0.3, 0.4) is 0 Å². The van der Waals surface area contributed by atoms with Crippen LogP contribution in [0.5, 0.6) is 0 Å². The quantitative estimate of drug-likeness (QED) is 0.463. The van der Waals surface area contributed by atoms with E-state index in [1.165, 1.54) is 36.3 Å². The number of urea groups is 1. The smallest absolute Gasteiger partial charge is 0.317 e. The van der Waals surface area contributed by atoms with Gasteiger partial charge in [-0.25, -0.2) is 14.3 Å². The van der Waals surface area contributed by atoms with Crippen LogP contribution in [0.2, 0.25) is 0 Å². The molecule has 1 aliphatic heterocycles. The zero-order chi connectivity index (χ0) is 29.7. The Balaban J connectivity index is 1.07. The van der Waals surface area contributed by atoms with Crippen LogP contribution in [0.1, 0.15) is 66.6 Å². The molecule has 8 rings (SSSR count). The van der Waals surface area contributed by atoms with Gasteiger partial charge >= 0.3 is 6.03 Å². The molecular formula is C33H35FN6O3. The first kappa shape index (κ1) is 27.6. The number of halogens is 1. The van der Waals surface area contributed by atoms with E-state index in [4.69, 9.17) is 0 Å². The second-order valence-corrected chi connectivity index (χ2v) is 13.1. The van der Waals surface area contributed by atoms with E-state index in [2.05, 4.69) is 21.6 Å². The van der Waals surface area contributed by atoms with Crippen LogP contribution in [0, 0.1) is 34.9 Å². The molecule has 4 bridgehead atoms. The Morgan fingerprint density at radius 2 is 1.74 bits per heavy atom. The lowest BCUT2D eigenvalue weighted by molar-refractivity contribution is -0.0172. The molecule has 4 aliphatic carbocycles. The summed E-state index contributed by atoms with van der Waals surface area (Å²) in [6.45, 7) is 0.766. The number of nitrogens with one attached hydrogen (secondary N) is 2. The van der Waals surface area contributed by atoms with Crippen LogP contribution in [-0.2, 0) is 6.42 Å². The first-order valence-corrected chi connectivity index (χ1v) is 15.3. The van der Waals surface area contributed by atoms with E-state index >= 15 is 4.39 Å². The van der Waals surface area contributed by atoms with Crippen molar-refractivity contribution >= 4 is 22.7 Å². The molecule has 2 heterocycles. The van der Waals surface area contributed by atoms with Crippen LogP contribution in [-0.4, -0.2) is 63.2 Å². The van der Waals surface area contributed by atoms with Crippen molar-refractivity contribution in [3.8, 4) is 6.07 Å². The number of fused-ring (bicyclic) bond motifs is 1. The van der Waals surface area contributed by atoms with Crippen molar-refractivity contribution in [1.82, 2.24) is 25.3 Å². The van der Waals surface area contributed by atoms with Gasteiger partial charge in [0.25, 0.3) is 11.5 Å². The van der Waals surface area contributed by atoms with Crippen molar-refractivity contribution in [2.75, 3.05) is 19.6 Å². The second-order valence-electron chi connectivity index (χ2n) is 13.1. The fourth-order valence-corrected chi connectivity index (χ4v) is 8.66. The predicted octanol–water partition coefficient (Wildman–Crippen LogP) is 4.37. The molecule has 5 aliphatic rings. The highest BCUT2D eigenvalue weighted by molar-refractivity contribution is 5.95. The van der Waals surface area contributed by atoms with Gasteiger partial charge in [0.05, 0.1) is 35.2 Å². The van der Waals surface area contributed by atoms with E-state index in [1.807, 2.05) is 12.1 Å². The minimum absolute atomic E-state index is 0.0431. The zero-order valence-corrected chi connectivity index (χ0v) is 24.0. The molecule has 10 heteroatoms. The number of benzene rings is 2. The largest absolute Gasteiger partial charge is 0.333 e. The molecule has 3 aromatic rings. The summed E-state index contributed by atoms with van der Waals surface area (Å²) >= 11 is 0. The summed E-state index contributed by atoms with van der Waals surface area (Å²) in [4.78, 5) is 42.7. The summed E-state index contributed by atoms with van der Waals surface area (Å²) in [5.74, 6) is 0.968. The number of H-pyrrole nitrogens is 1. The number of rotatable bonds is 5. The molecule has 4 saturated carbocycles. The number of aromatic amines is 1. The van der Waals surface area contributed by atoms with E-state index < -0.39 is 17.8 Å². The molecule has 2 aromatic carbocycles. The van der Waals surface area contributed by atoms with E-state index in [1.54, 1.807) is 23.1 Å². The Hall–Kier alpha value is -4.26. The zero-order valence-electron chi connectivity index (χ0n) is 24.0. The number of piperazine rings is 1. The van der Waals surface area contributed by atoms with E-state index in [-0.39, 0.29) is 48.6 Å². The van der Waals surface area contributed by atoms with Gasteiger partial charge in [-0.3, -0.25) is 9.59 Å². The van der Waals surface area contributed by atoms with Crippen LogP contribution in [0.15, 0.2) is 47.3 Å². The maximum absolute atomic E-state index is 15.1. The van der Waals surface area contributed by atoms with Crippen molar-refractivity contribution in [2.24, 2.45) is 17.8 Å². The average molecular weight is 583 g/mol. The number of carbonyl (C=O) groups is 2. The Labute approximate surface area is 249 Å². The number of aromatic nitrogens is 2. The van der Waals surface area contributed by atoms with Gasteiger partial charge in [0.2, 0.25) is 0 Å². The molecule has 3 amide bonds. The maximum atomic E-state index is 15.1. The highest BCUT2D eigenvalue weighted by atomic mass is 19.1. The van der Waals surface area contributed by atoms with Gasteiger partial charge in [-0.1, -0.05) is 24.3 Å². The molecule has 43 heavy (non-hydrogen) atoms. The summed E-state index contributed by atoms with van der Waals surface area (Å²) in [7, 11) is 0. The van der Waals surface area contributed by atoms with E-state index in [0.717, 1.165) is 19.3 Å². The SMILES string of the molecule is N#CC[C@@H]1CN(C(=O)NC23CC4CC(CC(C4)C2)C3)CCN1C(=O)c1cc(Cc2n[nH]c(=O)c3ccccc23)ccc1F. The minimum Gasteiger partial charge on any atom is -0.333 e. The van der Waals surface area contributed by atoms with Crippen molar-refractivity contribution in [3.05, 3.63) is 75.5 Å². The number of nitrogens with zero attached hydrogens (tertiary/aromatic N) is 4. The molecule has 222 valence electrons. The van der Waals surface area contributed by atoms with Gasteiger partial charge in [0.1, 0.15) is 5.82 Å². The summed E-state index contributed by atoms with van der Waals surface area (Å²) in [5.41, 5.74) is 0.782. The third-order valence-electron chi connectivity index (χ3n) is 10.2. The van der Waals surface area contributed by atoms with Crippen molar-refractivity contribution in [1.29, 1.82) is 5.26 Å². The fraction of sp³-hybridized carbons (Fsp3) is 0.485. The average Bonchev–Trinajstić information content (AvgIpc) is 2.98. The highest BCUT2D eigenvalue weighted by Crippen LogP contribution is 2.55. The van der Waals surface area contributed by atoms with Gasteiger partial charge in [-0.15, -0.1) is 0 Å². The van der Waals surface area contributed by atoms with Crippen molar-refractivity contribution < 1.29 is 14.0 Å². The highest BCUT2D eigenvalue weighted by Gasteiger charge is 2.52. The number of hydrogen-bond acceptors (Lipinski definition) is 5. The summed E-state index contributed by atoms with van der Waals surface area (Å²) in [5, 5.41) is 20.9. The lowest BCUT2D eigenvalue weighted by atomic mass is 9.53. The van der Waals surface area contributed by atoms with E-state index in [9.17, 15) is 19.6 Å². The number of amides is 3. The molecule has 0 spiro atoms. The number of hydrogen-bond donors (Lipinski definition) is 2. The molecule has 0 unspecified atom stereocenters. The van der Waals surface area contributed by atoms with Crippen molar-refractivity contribution in [2.45, 2.75) is 62.9 Å². The van der Waals surface area contributed by atoms with Crippen LogP contribution in [0.25, 0.3) is 10.8 Å². The maximum Gasteiger partial charge on any atom is 0.317 e. The third-order valence-corrected chi connectivity index (χ3v) is 10.2. The molecule has 1 saturated heterocycles. The Bertz CT molecular complexity index is 1660. The van der Waals surface area contributed by atoms with Gasteiger partial charge in [-0.05, 0) is 80.0 Å². The van der Waals surface area contributed by atoms with E-state index in [0.29, 0.717) is 46.3 Å². The van der Waals surface area contributed by atoms with Crippen LogP contribution >= 0.6 is 0 Å². The van der Waals surface area contributed by atoms with Gasteiger partial charge in [0.15, 0.2) is 0 Å². The summed E-state index contributed by atoms with van der Waals surface area (Å²) in [6.07, 6.45) is 7.33. The third kappa shape index (κ3) is 5.15. The summed E-state index contributed by atoms with van der Waals surface area (Å²) < 4.78 is 15.1. The Kier molecular flexibility index (Phi) is 6.91. The first-order chi connectivity index (χ1) is 20.8. The topological polar surface area (TPSA) is 122 Å². The second kappa shape index (κ2) is 10.8. The normalized spacial score (nSPS) is 27.7. The van der Waals surface area contributed by atoms with Crippen LogP contribution in [0.4, 0.5) is 9.18 Å². The van der Waals surface area contributed by atoms with Crippen LogP contribution < -0.4 is 10.9 Å². The number of carbonyl (C=O) groups excluding carboxylic acids is 2. The molecule has 1 atom stereocenters. The van der Waals surface area contributed by atoms with Gasteiger partial charge in [0, 0.05) is 37.0 Å². The lowest BCUT2D eigenvalue weighted by Crippen LogP contribution is -2.64. The molecular weight excluding hydrogens is 547 g/mol. The standard InChI is InChI=1S/C33H35FN6O3/c34-28-6-5-20(15-29-25-3-1-2-4-26(25)30(41)38-37-29)14-27(28)31(42)40-10-9-39(19-24(40)7-8-35)32(43)36-33-16-21-11-22(17-33)13-23(12-21)18-33/h1-6,14,21-24H,7,9-13,15-19H2,(H,36,43)(H,38,41)/t21?,22?,23?,24-,33?/m1/s1. The van der Waals surface area contributed by atoms with Gasteiger partial charge in [-0.2, -0.15) is 10.4 Å². The number of nitriles is 1.